The highest BCUT2D eigenvalue weighted by molar-refractivity contribution is 6.42. The first-order valence-corrected chi connectivity index (χ1v) is 14.4. The number of carbonyl (C=O) groups is 3. The van der Waals surface area contributed by atoms with Gasteiger partial charge in [-0.2, -0.15) is 0 Å². The minimum Gasteiger partial charge on any atom is -0.482 e. The van der Waals surface area contributed by atoms with Crippen molar-refractivity contribution < 1.29 is 23.9 Å². The van der Waals surface area contributed by atoms with Gasteiger partial charge in [-0.05, 0) is 41.0 Å². The van der Waals surface area contributed by atoms with Crippen molar-refractivity contribution in [2.45, 2.75) is 13.0 Å². The molecule has 1 fully saturated rings. The van der Waals surface area contributed by atoms with Gasteiger partial charge in [-0.25, -0.2) is 0 Å². The largest absolute Gasteiger partial charge is 0.482 e. The van der Waals surface area contributed by atoms with Crippen molar-refractivity contribution in [3.05, 3.63) is 76.3 Å². The van der Waals surface area contributed by atoms with Gasteiger partial charge in [0.15, 0.2) is 6.61 Å². The first-order chi connectivity index (χ1) is 20.2. The summed E-state index contributed by atoms with van der Waals surface area (Å²) in [6, 6.07) is 18.5. The van der Waals surface area contributed by atoms with Gasteiger partial charge in [0.1, 0.15) is 12.3 Å². The Hall–Kier alpha value is -3.63. The van der Waals surface area contributed by atoms with Crippen molar-refractivity contribution in [3.8, 4) is 16.9 Å². The number of benzene rings is 3. The number of amides is 3. The lowest BCUT2D eigenvalue weighted by molar-refractivity contribution is -0.133. The number of fused-ring (bicyclic) bond motifs is 1. The summed E-state index contributed by atoms with van der Waals surface area (Å²) >= 11 is 12.4. The molecule has 0 saturated carbocycles. The van der Waals surface area contributed by atoms with Crippen LogP contribution in [-0.2, 0) is 19.1 Å². The van der Waals surface area contributed by atoms with Crippen LogP contribution in [0.25, 0.3) is 11.1 Å². The van der Waals surface area contributed by atoms with Gasteiger partial charge >= 0.3 is 0 Å². The number of hydrogen-bond acceptors (Lipinski definition) is 6. The Bertz CT molecular complexity index is 1490. The highest BCUT2D eigenvalue weighted by Gasteiger charge is 2.32. The predicted molar refractivity (Wildman–Crippen MR) is 163 cm³/mol. The van der Waals surface area contributed by atoms with Crippen molar-refractivity contribution in [1.29, 1.82) is 0 Å². The SMILES string of the molecule is CC(=O)Nc1cccc(-c2cccc(C(CN3CCOCC3)N(C)C(=O)CN3C(=O)COc4cc(Cl)c(Cl)cc43)c2)c1. The molecule has 1 N–H and O–H groups in total. The molecule has 0 bridgehead atoms. The molecule has 1 unspecified atom stereocenters. The number of likely N-dealkylation sites (N-methyl/N-ethyl adjacent to an activating group) is 1. The molecule has 1 saturated heterocycles. The van der Waals surface area contributed by atoms with Crippen molar-refractivity contribution in [1.82, 2.24) is 9.80 Å². The van der Waals surface area contributed by atoms with Gasteiger partial charge in [0.2, 0.25) is 11.8 Å². The summed E-state index contributed by atoms with van der Waals surface area (Å²) in [5.74, 6) is -0.316. The van der Waals surface area contributed by atoms with Crippen molar-refractivity contribution in [2.24, 2.45) is 0 Å². The van der Waals surface area contributed by atoms with Gasteiger partial charge in [0.25, 0.3) is 5.91 Å². The van der Waals surface area contributed by atoms with E-state index in [4.69, 9.17) is 32.7 Å². The number of rotatable bonds is 8. The zero-order valence-corrected chi connectivity index (χ0v) is 25.0. The monoisotopic (exact) mass is 610 g/mol. The molecule has 0 radical (unpaired) electrons. The Morgan fingerprint density at radius 2 is 1.69 bits per heavy atom. The van der Waals surface area contributed by atoms with Crippen LogP contribution in [0.3, 0.4) is 0 Å². The zero-order valence-electron chi connectivity index (χ0n) is 23.4. The molecule has 0 spiro atoms. The highest BCUT2D eigenvalue weighted by atomic mass is 35.5. The lowest BCUT2D eigenvalue weighted by Crippen LogP contribution is -2.48. The topological polar surface area (TPSA) is 91.4 Å². The van der Waals surface area contributed by atoms with Crippen molar-refractivity contribution in [3.63, 3.8) is 0 Å². The quantitative estimate of drug-likeness (QED) is 0.391. The van der Waals surface area contributed by atoms with Crippen LogP contribution in [0.5, 0.6) is 5.75 Å². The highest BCUT2D eigenvalue weighted by Crippen LogP contribution is 2.39. The molecule has 220 valence electrons. The second-order valence-electron chi connectivity index (χ2n) is 10.3. The van der Waals surface area contributed by atoms with E-state index in [2.05, 4.69) is 16.3 Å². The minimum absolute atomic E-state index is 0.140. The standard InChI is InChI=1S/C31H32Cl2N4O5/c1-20(38)34-24-8-4-6-22(14-24)21-5-3-7-23(13-21)28(17-36-9-11-41-12-10-36)35(2)30(39)18-37-27-15-25(32)26(33)16-29(27)42-19-31(37)40/h3-8,13-16,28H,9-12,17-19H2,1-2H3,(H,34,38). The molecule has 1 atom stereocenters. The number of ether oxygens (including phenoxy) is 2. The van der Waals surface area contributed by atoms with E-state index in [1.807, 2.05) is 42.5 Å². The minimum atomic E-state index is -0.339. The molecule has 2 aliphatic heterocycles. The Balaban J connectivity index is 1.43. The fourth-order valence-electron chi connectivity index (χ4n) is 5.18. The van der Waals surface area contributed by atoms with E-state index in [0.717, 1.165) is 29.8 Å². The van der Waals surface area contributed by atoms with E-state index >= 15 is 0 Å². The summed E-state index contributed by atoms with van der Waals surface area (Å²) in [5, 5.41) is 3.40. The molecular weight excluding hydrogens is 579 g/mol. The summed E-state index contributed by atoms with van der Waals surface area (Å²) in [6.07, 6.45) is 0. The van der Waals surface area contributed by atoms with Gasteiger partial charge in [-0.1, -0.05) is 53.5 Å². The lowest BCUT2D eigenvalue weighted by Gasteiger charge is -2.37. The Morgan fingerprint density at radius 3 is 2.43 bits per heavy atom. The molecule has 9 nitrogen and oxygen atoms in total. The molecule has 2 aliphatic rings. The Morgan fingerprint density at radius 1 is 1.00 bits per heavy atom. The number of carbonyl (C=O) groups excluding carboxylic acids is 3. The Labute approximate surface area is 254 Å². The number of nitrogens with one attached hydrogen (secondary N) is 1. The normalized spacial score (nSPS) is 15.9. The maximum atomic E-state index is 13.8. The number of nitrogens with zero attached hydrogens (tertiary/aromatic N) is 3. The van der Waals surface area contributed by atoms with Gasteiger partial charge in [0.05, 0.1) is 35.0 Å². The Kier molecular flexibility index (Phi) is 9.33. The fourth-order valence-corrected chi connectivity index (χ4v) is 5.49. The molecule has 3 aromatic carbocycles. The number of halogens is 2. The summed E-state index contributed by atoms with van der Waals surface area (Å²) in [4.78, 5) is 43.7. The molecule has 11 heteroatoms. The molecule has 2 heterocycles. The molecular formula is C31H32Cl2N4O5. The third-order valence-corrected chi connectivity index (χ3v) is 8.14. The van der Waals surface area contributed by atoms with Crippen LogP contribution in [0.1, 0.15) is 18.5 Å². The van der Waals surface area contributed by atoms with E-state index in [1.54, 1.807) is 24.1 Å². The summed E-state index contributed by atoms with van der Waals surface area (Å²) in [7, 11) is 1.76. The second-order valence-corrected chi connectivity index (χ2v) is 11.1. The second kappa shape index (κ2) is 13.1. The average molecular weight is 612 g/mol. The number of anilines is 2. The van der Waals surface area contributed by atoms with E-state index in [0.29, 0.717) is 41.9 Å². The van der Waals surface area contributed by atoms with E-state index in [1.165, 1.54) is 11.8 Å². The molecule has 0 aliphatic carbocycles. The van der Waals surface area contributed by atoms with Gasteiger partial charge in [0, 0.05) is 45.4 Å². The summed E-state index contributed by atoms with van der Waals surface area (Å²) in [5.41, 5.74) is 3.96. The molecule has 3 amide bonds. The number of hydrogen-bond donors (Lipinski definition) is 1. The van der Waals surface area contributed by atoms with Crippen LogP contribution in [0.4, 0.5) is 11.4 Å². The third-order valence-electron chi connectivity index (χ3n) is 7.42. The smallest absolute Gasteiger partial charge is 0.265 e. The molecule has 0 aromatic heterocycles. The van der Waals surface area contributed by atoms with Gasteiger partial charge in [-0.15, -0.1) is 0 Å². The van der Waals surface area contributed by atoms with Crippen molar-refractivity contribution >= 4 is 52.3 Å². The van der Waals surface area contributed by atoms with Crippen LogP contribution in [0, 0.1) is 0 Å². The first-order valence-electron chi connectivity index (χ1n) is 13.7. The first kappa shape index (κ1) is 29.8. The maximum Gasteiger partial charge on any atom is 0.265 e. The van der Waals surface area contributed by atoms with Crippen LogP contribution in [0.2, 0.25) is 10.0 Å². The summed E-state index contributed by atoms with van der Waals surface area (Å²) < 4.78 is 11.1. The predicted octanol–water partition coefficient (Wildman–Crippen LogP) is 4.88. The zero-order chi connectivity index (χ0) is 29.8. The maximum absolute atomic E-state index is 13.8. The van der Waals surface area contributed by atoms with Crippen molar-refractivity contribution in [2.75, 3.05) is 63.3 Å². The fraction of sp³-hybridized carbons (Fsp3) is 0.323. The van der Waals surface area contributed by atoms with E-state index in [9.17, 15) is 14.4 Å². The molecule has 5 rings (SSSR count). The van der Waals surface area contributed by atoms with Crippen LogP contribution < -0.4 is 15.0 Å². The van der Waals surface area contributed by atoms with E-state index in [-0.39, 0.29) is 41.9 Å². The lowest BCUT2D eigenvalue weighted by atomic mass is 9.97. The van der Waals surface area contributed by atoms with Crippen LogP contribution in [-0.4, -0.2) is 80.6 Å². The third kappa shape index (κ3) is 6.87. The van der Waals surface area contributed by atoms with Crippen LogP contribution in [0.15, 0.2) is 60.7 Å². The summed E-state index contributed by atoms with van der Waals surface area (Å²) in [6.45, 7) is 4.46. The molecule has 42 heavy (non-hydrogen) atoms. The van der Waals surface area contributed by atoms with Gasteiger partial charge < -0.3 is 19.7 Å². The average Bonchev–Trinajstić information content (AvgIpc) is 2.98. The van der Waals surface area contributed by atoms with Crippen LogP contribution >= 0.6 is 23.2 Å². The van der Waals surface area contributed by atoms with E-state index < -0.39 is 0 Å². The number of morpholine rings is 1. The molecule has 3 aromatic rings. The van der Waals surface area contributed by atoms with Gasteiger partial charge in [-0.3, -0.25) is 24.2 Å².